The predicted molar refractivity (Wildman–Crippen MR) is 147 cm³/mol. The zero-order valence-corrected chi connectivity index (χ0v) is 21.3. The van der Waals surface area contributed by atoms with Crippen molar-refractivity contribution in [3.63, 3.8) is 0 Å². The van der Waals surface area contributed by atoms with Gasteiger partial charge in [0.2, 0.25) is 0 Å². The summed E-state index contributed by atoms with van der Waals surface area (Å²) in [5, 5.41) is 2.91. The molecule has 3 aromatic heterocycles. The van der Waals surface area contributed by atoms with Crippen molar-refractivity contribution in [3.8, 4) is 11.5 Å². The van der Waals surface area contributed by atoms with Crippen LogP contribution in [-0.2, 0) is 6.54 Å². The molecule has 0 saturated heterocycles. The van der Waals surface area contributed by atoms with Gasteiger partial charge in [-0.3, -0.25) is 14.7 Å². The van der Waals surface area contributed by atoms with Crippen molar-refractivity contribution in [2.45, 2.75) is 6.54 Å². The van der Waals surface area contributed by atoms with Gasteiger partial charge >= 0.3 is 5.63 Å². The molecule has 6 aromatic rings. The molecule has 0 aliphatic rings. The molecule has 0 N–H and O–H groups in total. The van der Waals surface area contributed by atoms with Gasteiger partial charge in [0.15, 0.2) is 5.13 Å². The van der Waals surface area contributed by atoms with Crippen LogP contribution in [0, 0.1) is 0 Å². The summed E-state index contributed by atoms with van der Waals surface area (Å²) >= 11 is 1.27. The summed E-state index contributed by atoms with van der Waals surface area (Å²) < 4.78 is 17.4. The first kappa shape index (κ1) is 23.6. The largest absolute Gasteiger partial charge is 0.495 e. The van der Waals surface area contributed by atoms with Gasteiger partial charge in [-0.1, -0.05) is 47.7 Å². The second-order valence-electron chi connectivity index (χ2n) is 8.50. The van der Waals surface area contributed by atoms with Crippen molar-refractivity contribution in [2.24, 2.45) is 0 Å². The molecule has 0 fully saturated rings. The fourth-order valence-corrected chi connectivity index (χ4v) is 5.51. The van der Waals surface area contributed by atoms with Gasteiger partial charge in [0, 0.05) is 11.6 Å². The summed E-state index contributed by atoms with van der Waals surface area (Å²) in [6.07, 6.45) is 1.65. The van der Waals surface area contributed by atoms with Crippen molar-refractivity contribution >= 4 is 54.3 Å². The highest BCUT2D eigenvalue weighted by Gasteiger charge is 2.27. The van der Waals surface area contributed by atoms with Crippen LogP contribution in [0.1, 0.15) is 16.1 Å². The van der Waals surface area contributed by atoms with E-state index in [0.29, 0.717) is 38.8 Å². The van der Waals surface area contributed by atoms with E-state index < -0.39 is 11.5 Å². The van der Waals surface area contributed by atoms with Crippen LogP contribution < -0.4 is 20.0 Å². The zero-order chi connectivity index (χ0) is 26.2. The van der Waals surface area contributed by atoms with Gasteiger partial charge in [0.1, 0.15) is 32.9 Å². The van der Waals surface area contributed by atoms with E-state index in [4.69, 9.17) is 18.9 Å². The molecule has 1 amide bonds. The summed E-state index contributed by atoms with van der Waals surface area (Å²) in [6, 6.07) is 22.0. The molecule has 0 unspecified atom stereocenters. The van der Waals surface area contributed by atoms with Crippen molar-refractivity contribution in [1.29, 1.82) is 0 Å². The summed E-state index contributed by atoms with van der Waals surface area (Å²) in [4.78, 5) is 37.7. The van der Waals surface area contributed by atoms with Crippen LogP contribution in [-0.4, -0.2) is 30.1 Å². The first-order chi connectivity index (χ1) is 18.6. The van der Waals surface area contributed by atoms with Crippen molar-refractivity contribution in [1.82, 2.24) is 9.97 Å². The monoisotopic (exact) mass is 523 g/mol. The van der Waals surface area contributed by atoms with Gasteiger partial charge in [0.05, 0.1) is 26.5 Å². The van der Waals surface area contributed by atoms with Gasteiger partial charge in [-0.2, -0.15) is 0 Å². The number of hydrogen-bond acceptors (Lipinski definition) is 8. The number of thiazole rings is 1. The van der Waals surface area contributed by atoms with E-state index >= 15 is 0 Å². The Balaban J connectivity index is 1.54. The molecule has 38 heavy (non-hydrogen) atoms. The SMILES string of the molecule is COc1ccc(OC)c2sc(N(Cc3ccccn3)C(=O)c3cc4c(ccc5ccccc54)oc3=O)nc12. The third-order valence-corrected chi connectivity index (χ3v) is 7.39. The topological polar surface area (TPSA) is 94.8 Å². The molecule has 0 aliphatic carbocycles. The number of pyridine rings is 1. The van der Waals surface area contributed by atoms with Crippen LogP contribution in [0.3, 0.4) is 0 Å². The number of hydrogen-bond donors (Lipinski definition) is 0. The smallest absolute Gasteiger partial charge is 0.349 e. The second kappa shape index (κ2) is 9.60. The lowest BCUT2D eigenvalue weighted by molar-refractivity contribution is 0.0981. The zero-order valence-electron chi connectivity index (χ0n) is 20.5. The highest BCUT2D eigenvalue weighted by molar-refractivity contribution is 7.22. The van der Waals surface area contributed by atoms with E-state index in [-0.39, 0.29) is 12.1 Å². The number of methoxy groups -OCH3 is 2. The Morgan fingerprint density at radius 1 is 0.947 bits per heavy atom. The lowest BCUT2D eigenvalue weighted by Crippen LogP contribution is -2.34. The molecule has 0 atom stereocenters. The average molecular weight is 524 g/mol. The predicted octanol–water partition coefficient (Wildman–Crippen LogP) is 5.82. The molecule has 3 aromatic carbocycles. The van der Waals surface area contributed by atoms with Crippen molar-refractivity contribution in [3.05, 3.63) is 101 Å². The summed E-state index contributed by atoms with van der Waals surface area (Å²) in [5.74, 6) is 0.605. The van der Waals surface area contributed by atoms with Gasteiger partial charge < -0.3 is 13.9 Å². The number of fused-ring (bicyclic) bond motifs is 4. The van der Waals surface area contributed by atoms with E-state index in [2.05, 4.69) is 4.98 Å². The molecule has 3 heterocycles. The Morgan fingerprint density at radius 3 is 2.53 bits per heavy atom. The lowest BCUT2D eigenvalue weighted by atomic mass is 10.0. The number of carbonyl (C=O) groups excluding carboxylic acids is 1. The number of anilines is 1. The average Bonchev–Trinajstić information content (AvgIpc) is 3.40. The van der Waals surface area contributed by atoms with E-state index in [0.717, 1.165) is 15.5 Å². The van der Waals surface area contributed by atoms with E-state index in [1.165, 1.54) is 16.2 Å². The maximum absolute atomic E-state index is 14.1. The molecule has 9 heteroatoms. The van der Waals surface area contributed by atoms with Crippen molar-refractivity contribution in [2.75, 3.05) is 19.1 Å². The number of aromatic nitrogens is 2. The summed E-state index contributed by atoms with van der Waals surface area (Å²) in [6.45, 7) is 0.0944. The first-order valence-corrected chi connectivity index (χ1v) is 12.6. The molecule has 0 radical (unpaired) electrons. The van der Waals surface area contributed by atoms with Gasteiger partial charge in [-0.25, -0.2) is 9.78 Å². The normalized spacial score (nSPS) is 11.2. The quantitative estimate of drug-likeness (QED) is 0.201. The highest BCUT2D eigenvalue weighted by atomic mass is 32.1. The van der Waals surface area contributed by atoms with Gasteiger partial charge in [0.25, 0.3) is 5.91 Å². The number of benzene rings is 3. The molecule has 0 bridgehead atoms. The van der Waals surface area contributed by atoms with Crippen LogP contribution in [0.4, 0.5) is 5.13 Å². The second-order valence-corrected chi connectivity index (χ2v) is 9.48. The van der Waals surface area contributed by atoms with Crippen LogP contribution in [0.25, 0.3) is 32.0 Å². The van der Waals surface area contributed by atoms with Gasteiger partial charge in [-0.15, -0.1) is 0 Å². The third kappa shape index (κ3) is 4.03. The Hall–Kier alpha value is -4.76. The lowest BCUT2D eigenvalue weighted by Gasteiger charge is -2.19. The van der Waals surface area contributed by atoms with E-state index in [1.54, 1.807) is 50.7 Å². The highest BCUT2D eigenvalue weighted by Crippen LogP contribution is 2.40. The van der Waals surface area contributed by atoms with Crippen LogP contribution in [0.15, 0.2) is 88.2 Å². The van der Waals surface area contributed by atoms with Crippen LogP contribution in [0.5, 0.6) is 11.5 Å². The Kier molecular flexibility index (Phi) is 5.97. The maximum Gasteiger partial charge on any atom is 0.349 e. The number of ether oxygens (including phenoxy) is 2. The molecule has 0 saturated carbocycles. The third-order valence-electron chi connectivity index (χ3n) is 6.29. The fraction of sp³-hybridized carbons (Fsp3) is 0.103. The molecule has 8 nitrogen and oxygen atoms in total. The molecule has 0 spiro atoms. The number of rotatable bonds is 6. The van der Waals surface area contributed by atoms with E-state index in [1.807, 2.05) is 42.5 Å². The fourth-order valence-electron chi connectivity index (χ4n) is 4.44. The number of nitrogens with zero attached hydrogens (tertiary/aromatic N) is 3. The van der Waals surface area contributed by atoms with Crippen LogP contribution >= 0.6 is 11.3 Å². The number of carbonyl (C=O) groups is 1. The minimum Gasteiger partial charge on any atom is -0.495 e. The standard InChI is InChI=1S/C29H21N3O5S/c1-35-23-12-13-24(36-2)26-25(23)31-29(38-26)32(16-18-8-5-6-14-30-18)27(33)21-15-20-19-9-4-3-7-17(19)10-11-22(20)37-28(21)34/h3-15H,16H2,1-2H3. The Labute approximate surface area is 220 Å². The van der Waals surface area contributed by atoms with E-state index in [9.17, 15) is 9.59 Å². The first-order valence-electron chi connectivity index (χ1n) is 11.8. The minimum atomic E-state index is -0.722. The summed E-state index contributed by atoms with van der Waals surface area (Å²) in [7, 11) is 3.13. The summed E-state index contributed by atoms with van der Waals surface area (Å²) in [5.41, 5.74) is 0.788. The molecule has 6 rings (SSSR count). The molecule has 188 valence electrons. The number of amides is 1. The Morgan fingerprint density at radius 2 is 1.74 bits per heavy atom. The minimum absolute atomic E-state index is 0.0944. The van der Waals surface area contributed by atoms with Gasteiger partial charge in [-0.05, 0) is 47.2 Å². The van der Waals surface area contributed by atoms with Crippen molar-refractivity contribution < 1.29 is 18.7 Å². The maximum atomic E-state index is 14.1. The van der Waals surface area contributed by atoms with Crippen LogP contribution in [0.2, 0.25) is 0 Å². The molecule has 0 aliphatic heterocycles. The Bertz CT molecular complexity index is 1840. The molecular weight excluding hydrogens is 502 g/mol. The molecular formula is C29H21N3O5S.